The lowest BCUT2D eigenvalue weighted by Crippen LogP contribution is -2.67. The summed E-state index contributed by atoms with van der Waals surface area (Å²) in [5.41, 5.74) is 11.9. The zero-order valence-corrected chi connectivity index (χ0v) is 27.6. The van der Waals surface area contributed by atoms with Gasteiger partial charge in [0.05, 0.1) is 19.1 Å². The molecule has 0 bridgehead atoms. The first-order valence-electron chi connectivity index (χ1n) is 17.3. The van der Waals surface area contributed by atoms with E-state index in [0.29, 0.717) is 43.4 Å². The molecule has 3 saturated heterocycles. The number of nitrogens with zero attached hydrogens (tertiary/aromatic N) is 3. The number of hydrogen-bond acceptors (Lipinski definition) is 6. The van der Waals surface area contributed by atoms with E-state index in [2.05, 4.69) is 16.7 Å². The summed E-state index contributed by atoms with van der Waals surface area (Å²) in [7, 11) is 0. The number of urea groups is 1. The largest absolute Gasteiger partial charge is 0.431 e. The molecule has 1 atom stereocenters. The Kier molecular flexibility index (Phi) is 9.84. The third-order valence-corrected chi connectivity index (χ3v) is 11.0. The van der Waals surface area contributed by atoms with Crippen LogP contribution in [0.25, 0.3) is 0 Å². The summed E-state index contributed by atoms with van der Waals surface area (Å²) in [6.07, 6.45) is 6.22. The third-order valence-electron chi connectivity index (χ3n) is 11.0. The number of hydrogen-bond donors (Lipinski definition) is 3. The van der Waals surface area contributed by atoms with Gasteiger partial charge >= 0.3 is 18.0 Å². The second kappa shape index (κ2) is 14.0. The first-order valence-corrected chi connectivity index (χ1v) is 17.3. The van der Waals surface area contributed by atoms with Gasteiger partial charge in [-0.1, -0.05) is 30.3 Å². The maximum atomic E-state index is 14.8. The van der Waals surface area contributed by atoms with E-state index in [-0.39, 0.29) is 24.0 Å². The van der Waals surface area contributed by atoms with Crippen LogP contribution in [0, 0.1) is 13.8 Å². The Hall–Kier alpha value is -3.63. The number of carbonyl (C=O) groups is 3. The zero-order valence-electron chi connectivity index (χ0n) is 27.6. The Balaban J connectivity index is 1.17. The van der Waals surface area contributed by atoms with E-state index in [0.717, 1.165) is 98.3 Å². The molecule has 0 spiro atoms. The molecule has 0 aliphatic carbocycles. The van der Waals surface area contributed by atoms with Gasteiger partial charge in [-0.2, -0.15) is 0 Å². The molecule has 4 aliphatic rings. The molecule has 4 heterocycles. The number of aryl methyl sites for hydroxylation is 2. The predicted molar refractivity (Wildman–Crippen MR) is 180 cm³/mol. The van der Waals surface area contributed by atoms with Crippen molar-refractivity contribution in [2.45, 2.75) is 89.8 Å². The zero-order chi connectivity index (χ0) is 32.3. The van der Waals surface area contributed by atoms with Crippen molar-refractivity contribution < 1.29 is 23.6 Å². The number of quaternary nitrogens is 1. The van der Waals surface area contributed by atoms with E-state index >= 15 is 0 Å². The van der Waals surface area contributed by atoms with E-state index in [1.54, 1.807) is 4.90 Å². The van der Waals surface area contributed by atoms with Crippen LogP contribution in [0.2, 0.25) is 0 Å². The quantitative estimate of drug-likeness (QED) is 0.313. The van der Waals surface area contributed by atoms with Crippen molar-refractivity contribution in [1.29, 1.82) is 0 Å². The number of amides is 4. The van der Waals surface area contributed by atoms with Crippen molar-refractivity contribution in [1.82, 2.24) is 15.1 Å². The summed E-state index contributed by atoms with van der Waals surface area (Å²) in [4.78, 5) is 45.4. The van der Waals surface area contributed by atoms with Crippen LogP contribution in [0.4, 0.5) is 21.0 Å². The molecule has 4 amide bonds. The van der Waals surface area contributed by atoms with E-state index in [4.69, 9.17) is 10.5 Å². The third kappa shape index (κ3) is 6.74. The van der Waals surface area contributed by atoms with Crippen LogP contribution < -0.4 is 16.4 Å². The Morgan fingerprint density at radius 1 is 0.978 bits per heavy atom. The lowest BCUT2D eigenvalue weighted by atomic mass is 9.93. The highest BCUT2D eigenvalue weighted by atomic mass is 16.6. The highest BCUT2D eigenvalue weighted by Gasteiger charge is 2.50. The number of nitrogens with two attached hydrogens (primary N) is 1. The monoisotopic (exact) mass is 631 g/mol. The molecule has 6 rings (SSSR count). The summed E-state index contributed by atoms with van der Waals surface area (Å²) in [6.45, 7) is 9.01. The van der Waals surface area contributed by atoms with Crippen LogP contribution in [0.15, 0.2) is 36.4 Å². The second-order valence-electron chi connectivity index (χ2n) is 13.8. The molecule has 10 nitrogen and oxygen atoms in total. The number of benzene rings is 2. The summed E-state index contributed by atoms with van der Waals surface area (Å²) >= 11 is 0. The van der Waals surface area contributed by atoms with Crippen molar-refractivity contribution in [3.05, 3.63) is 58.7 Å². The van der Waals surface area contributed by atoms with Crippen molar-refractivity contribution in [3.8, 4) is 0 Å². The molecule has 0 unspecified atom stereocenters. The average molecular weight is 632 g/mol. The predicted octanol–water partition coefficient (Wildman–Crippen LogP) is 4.77. The van der Waals surface area contributed by atoms with Gasteiger partial charge in [0, 0.05) is 69.4 Å². The second-order valence-corrected chi connectivity index (χ2v) is 13.8. The number of nitrogens with one attached hydrogen (secondary N) is 2. The molecule has 10 heteroatoms. The molecule has 4 aliphatic heterocycles. The van der Waals surface area contributed by atoms with Gasteiger partial charge in [-0.05, 0) is 80.7 Å². The number of anilines is 2. The number of likely N-dealkylation sites (tertiary alicyclic amines) is 2. The van der Waals surface area contributed by atoms with Crippen LogP contribution >= 0.6 is 0 Å². The SMILES string of the molecule is Cc1cc(C[C@@H](OC(=O)N2CCC(N3CCc4ccccc4NC3=O)CC2)C(=O)[N+]2(C3CCNCC3)CCCCC2)cc(C)c1N. The lowest BCUT2D eigenvalue weighted by Gasteiger charge is -2.47. The molecular weight excluding hydrogens is 580 g/mol. The minimum Gasteiger partial charge on any atom is -0.431 e. The van der Waals surface area contributed by atoms with E-state index in [1.807, 2.05) is 49.1 Å². The fourth-order valence-electron chi connectivity index (χ4n) is 8.30. The van der Waals surface area contributed by atoms with Crippen molar-refractivity contribution in [3.63, 3.8) is 0 Å². The van der Waals surface area contributed by atoms with Gasteiger partial charge in [0.2, 0.25) is 6.10 Å². The van der Waals surface area contributed by atoms with Crippen LogP contribution in [0.1, 0.15) is 67.2 Å². The van der Waals surface area contributed by atoms with Gasteiger partial charge in [-0.25, -0.2) is 14.4 Å². The van der Waals surface area contributed by atoms with Gasteiger partial charge in [0.15, 0.2) is 0 Å². The molecule has 2 aromatic rings. The van der Waals surface area contributed by atoms with Gasteiger partial charge in [-0.3, -0.25) is 4.48 Å². The van der Waals surface area contributed by atoms with E-state index in [1.165, 1.54) is 0 Å². The van der Waals surface area contributed by atoms with Gasteiger partial charge in [-0.15, -0.1) is 0 Å². The first-order chi connectivity index (χ1) is 22.2. The van der Waals surface area contributed by atoms with Gasteiger partial charge in [0.25, 0.3) is 0 Å². The Morgan fingerprint density at radius 3 is 2.35 bits per heavy atom. The van der Waals surface area contributed by atoms with Crippen LogP contribution in [0.5, 0.6) is 0 Å². The number of carbonyl (C=O) groups excluding carboxylic acids is 3. The normalized spacial score (nSPS) is 21.6. The maximum absolute atomic E-state index is 14.8. The number of nitrogen functional groups attached to an aromatic ring is 1. The number of ether oxygens (including phenoxy) is 1. The van der Waals surface area contributed by atoms with Crippen LogP contribution in [-0.2, 0) is 22.4 Å². The Morgan fingerprint density at radius 2 is 1.65 bits per heavy atom. The Labute approximate surface area is 273 Å². The lowest BCUT2D eigenvalue weighted by molar-refractivity contribution is -0.886. The molecule has 248 valence electrons. The molecule has 0 saturated carbocycles. The highest BCUT2D eigenvalue weighted by molar-refractivity contribution is 5.91. The smallest absolute Gasteiger partial charge is 0.410 e. The molecule has 0 radical (unpaired) electrons. The van der Waals surface area contributed by atoms with Crippen molar-refractivity contribution in [2.75, 3.05) is 56.9 Å². The average Bonchev–Trinajstić information content (AvgIpc) is 3.25. The molecule has 2 aromatic carbocycles. The summed E-state index contributed by atoms with van der Waals surface area (Å²) < 4.78 is 6.70. The number of fused-ring (bicyclic) bond motifs is 1. The first kappa shape index (κ1) is 32.3. The minimum atomic E-state index is -0.879. The van der Waals surface area contributed by atoms with Gasteiger partial charge < -0.3 is 30.9 Å². The summed E-state index contributed by atoms with van der Waals surface area (Å²) in [6, 6.07) is 12.2. The molecule has 46 heavy (non-hydrogen) atoms. The molecule has 3 fully saturated rings. The number of piperidine rings is 3. The molecule has 0 aromatic heterocycles. The molecular formula is C36H51N6O4+. The Bertz CT molecular complexity index is 1400. The fourth-order valence-corrected chi connectivity index (χ4v) is 8.30. The highest BCUT2D eigenvalue weighted by Crippen LogP contribution is 2.32. The molecule has 4 N–H and O–H groups in total. The van der Waals surface area contributed by atoms with Gasteiger partial charge in [0.1, 0.15) is 0 Å². The maximum Gasteiger partial charge on any atom is 0.410 e. The minimum absolute atomic E-state index is 0.0404. The number of para-hydroxylation sites is 1. The van der Waals surface area contributed by atoms with E-state index < -0.39 is 12.2 Å². The van der Waals surface area contributed by atoms with Crippen LogP contribution in [0.3, 0.4) is 0 Å². The van der Waals surface area contributed by atoms with Crippen LogP contribution in [-0.4, -0.2) is 96.3 Å². The van der Waals surface area contributed by atoms with E-state index in [9.17, 15) is 14.4 Å². The van der Waals surface area contributed by atoms with Crippen molar-refractivity contribution in [2.24, 2.45) is 0 Å². The standard InChI is InChI=1S/C36H50N6O4/c1-25-22-27(23-26(2)33(25)37)24-32(34(43)42(20-6-3-7-21-42)30-10-15-38-16-11-30)46-36(45)40-17-13-29(14-18-40)41-19-12-28-8-4-5-9-31(28)39-35(41)44/h4-5,8-9,22-23,29-30,32,38H,3,6-7,10-21,24,37H2,1-2H3/p+1/t32-/m1/s1. The summed E-state index contributed by atoms with van der Waals surface area (Å²) in [5.74, 6) is 0.0442. The summed E-state index contributed by atoms with van der Waals surface area (Å²) in [5, 5.41) is 6.53. The topological polar surface area (TPSA) is 117 Å². The fraction of sp³-hybridized carbons (Fsp3) is 0.583. The van der Waals surface area contributed by atoms with Crippen molar-refractivity contribution >= 4 is 29.4 Å². The number of rotatable bonds is 6.